The number of allylic oxidation sites excluding steroid dienone is 3. The first-order chi connectivity index (χ1) is 3.39. The summed E-state index contributed by atoms with van der Waals surface area (Å²) in [6.07, 6.45) is 5.99. The fraction of sp³-hybridized carbons (Fsp3) is 0.200. The summed E-state index contributed by atoms with van der Waals surface area (Å²) in [5.41, 5.74) is 0. The van der Waals surface area contributed by atoms with Gasteiger partial charge in [0.25, 0.3) is 0 Å². The summed E-state index contributed by atoms with van der Waals surface area (Å²) in [6.45, 7) is 2.13. The second-order valence-electron chi connectivity index (χ2n) is 1.28. The fourth-order valence-electron chi connectivity index (χ4n) is 0.341. The highest BCUT2D eigenvalue weighted by Crippen LogP contribution is 2.18. The molecular weight excluding hydrogens is 201 g/mol. The number of nitrogens with zero attached hydrogens (tertiary/aromatic N) is 1. The lowest BCUT2D eigenvalue weighted by molar-refractivity contribution is 1.62. The van der Waals surface area contributed by atoms with E-state index < -0.39 is 0 Å². The van der Waals surface area contributed by atoms with Gasteiger partial charge in [0.05, 0.1) is 0 Å². The van der Waals surface area contributed by atoms with Crippen LogP contribution in [0.15, 0.2) is 25.1 Å². The molecule has 1 rings (SSSR count). The van der Waals surface area contributed by atoms with Crippen molar-refractivity contribution < 1.29 is 0 Å². The predicted octanol–water partition coefficient (Wildman–Crippen LogP) is 2.57. The van der Waals surface area contributed by atoms with Crippen LogP contribution >= 0.6 is 21.0 Å². The standard InChI is InChI=1S/C5H6IN/c1-5-3-2-4-7-6-5/h2-4H,1H3. The number of rotatable bonds is 0. The maximum absolute atomic E-state index is 4.12. The molecule has 0 aromatic heterocycles. The third-order valence-electron chi connectivity index (χ3n) is 0.650. The van der Waals surface area contributed by atoms with Crippen molar-refractivity contribution in [3.8, 4) is 0 Å². The van der Waals surface area contributed by atoms with Crippen LogP contribution in [0.2, 0.25) is 0 Å². The van der Waals surface area contributed by atoms with Crippen LogP contribution in [0.25, 0.3) is 0 Å². The first kappa shape index (κ1) is 5.15. The van der Waals surface area contributed by atoms with Crippen molar-refractivity contribution in [1.82, 2.24) is 0 Å². The Labute approximate surface area is 53.3 Å². The minimum absolute atomic E-state index is 0.0513. The van der Waals surface area contributed by atoms with Gasteiger partial charge < -0.3 is 0 Å². The molecule has 0 aliphatic carbocycles. The Morgan fingerprint density at radius 1 is 1.71 bits per heavy atom. The zero-order valence-electron chi connectivity index (χ0n) is 4.06. The Hall–Kier alpha value is 0.0100. The minimum Gasteiger partial charge on any atom is -0.230 e. The van der Waals surface area contributed by atoms with Crippen molar-refractivity contribution in [2.45, 2.75) is 6.92 Å². The van der Waals surface area contributed by atoms with E-state index in [1.54, 1.807) is 0 Å². The van der Waals surface area contributed by atoms with Crippen molar-refractivity contribution in [3.63, 3.8) is 0 Å². The molecule has 1 heterocycles. The highest BCUT2D eigenvalue weighted by Gasteiger charge is 1.81. The molecule has 0 amide bonds. The smallest absolute Gasteiger partial charge is 0.0330 e. The monoisotopic (exact) mass is 207 g/mol. The second-order valence-corrected chi connectivity index (χ2v) is 4.02. The van der Waals surface area contributed by atoms with Crippen LogP contribution in [-0.2, 0) is 0 Å². The highest BCUT2D eigenvalue weighted by molar-refractivity contribution is 14.2. The third-order valence-corrected chi connectivity index (χ3v) is 2.37. The molecule has 1 nitrogen and oxygen atoms in total. The van der Waals surface area contributed by atoms with E-state index in [1.807, 2.05) is 12.3 Å². The third kappa shape index (κ3) is 1.51. The van der Waals surface area contributed by atoms with Gasteiger partial charge in [0.2, 0.25) is 0 Å². The molecule has 0 saturated heterocycles. The molecule has 0 spiro atoms. The Morgan fingerprint density at radius 3 is 2.86 bits per heavy atom. The van der Waals surface area contributed by atoms with Crippen LogP contribution in [0.5, 0.6) is 0 Å². The van der Waals surface area contributed by atoms with Crippen LogP contribution in [-0.4, -0.2) is 0 Å². The van der Waals surface area contributed by atoms with Crippen molar-refractivity contribution in [1.29, 1.82) is 0 Å². The predicted molar refractivity (Wildman–Crippen MR) is 39.3 cm³/mol. The van der Waals surface area contributed by atoms with Crippen LogP contribution in [0.1, 0.15) is 6.92 Å². The maximum Gasteiger partial charge on any atom is 0.0330 e. The van der Waals surface area contributed by atoms with E-state index >= 15 is 0 Å². The first-order valence-electron chi connectivity index (χ1n) is 2.07. The zero-order valence-corrected chi connectivity index (χ0v) is 6.21. The summed E-state index contributed by atoms with van der Waals surface area (Å²) in [6, 6.07) is 0. The molecule has 1 aliphatic rings. The molecule has 0 saturated carbocycles. The summed E-state index contributed by atoms with van der Waals surface area (Å²) in [4.78, 5) is 0. The Balaban J connectivity index is 2.82. The molecule has 0 fully saturated rings. The van der Waals surface area contributed by atoms with Gasteiger partial charge in [-0.2, -0.15) is 0 Å². The number of hydrogen-bond donors (Lipinski definition) is 0. The summed E-state index contributed by atoms with van der Waals surface area (Å²) in [7, 11) is 0. The largest absolute Gasteiger partial charge is 0.230 e. The average molecular weight is 207 g/mol. The van der Waals surface area contributed by atoms with E-state index in [2.05, 4.69) is 16.1 Å². The van der Waals surface area contributed by atoms with Gasteiger partial charge in [-0.25, -0.2) is 3.15 Å². The summed E-state index contributed by atoms with van der Waals surface area (Å²) in [5.74, 6) is 0. The fourth-order valence-corrected chi connectivity index (χ4v) is 1.50. The molecule has 0 radical (unpaired) electrons. The molecule has 0 atom stereocenters. The van der Waals surface area contributed by atoms with Crippen LogP contribution in [0.3, 0.4) is 0 Å². The van der Waals surface area contributed by atoms with Gasteiger partial charge in [0.1, 0.15) is 0 Å². The van der Waals surface area contributed by atoms with E-state index in [4.69, 9.17) is 0 Å². The van der Waals surface area contributed by atoms with Crippen molar-refractivity contribution in [3.05, 3.63) is 21.9 Å². The minimum atomic E-state index is 0.0513. The van der Waals surface area contributed by atoms with Gasteiger partial charge in [-0.3, -0.25) is 0 Å². The van der Waals surface area contributed by atoms with E-state index in [0.29, 0.717) is 0 Å². The molecular formula is C5H6IN. The maximum atomic E-state index is 4.12. The number of hydrogen-bond acceptors (Lipinski definition) is 1. The van der Waals surface area contributed by atoms with Crippen LogP contribution in [0, 0.1) is 0 Å². The van der Waals surface area contributed by atoms with E-state index in [0.717, 1.165) is 0 Å². The molecule has 1 aliphatic heterocycles. The molecule has 0 aromatic carbocycles. The lowest BCUT2D eigenvalue weighted by Gasteiger charge is -1.87. The lowest BCUT2D eigenvalue weighted by Crippen LogP contribution is -1.58. The van der Waals surface area contributed by atoms with Gasteiger partial charge in [-0.15, -0.1) is 0 Å². The molecule has 0 unspecified atom stereocenters. The van der Waals surface area contributed by atoms with Gasteiger partial charge in [0, 0.05) is 30.8 Å². The average Bonchev–Trinajstić information content (AvgIpc) is 1.69. The van der Waals surface area contributed by atoms with Gasteiger partial charge in [0.15, 0.2) is 0 Å². The van der Waals surface area contributed by atoms with Gasteiger partial charge >= 0.3 is 0 Å². The van der Waals surface area contributed by atoms with E-state index in [1.165, 1.54) is 3.58 Å². The second kappa shape index (κ2) is 2.35. The molecule has 38 valence electrons. The molecule has 0 aromatic rings. The van der Waals surface area contributed by atoms with Crippen LogP contribution < -0.4 is 0 Å². The topological polar surface area (TPSA) is 12.4 Å². The molecule has 2 heteroatoms. The summed E-state index contributed by atoms with van der Waals surface area (Å²) in [5, 5.41) is 0. The molecule has 0 N–H and O–H groups in total. The van der Waals surface area contributed by atoms with Gasteiger partial charge in [-0.1, -0.05) is 6.08 Å². The van der Waals surface area contributed by atoms with Crippen molar-refractivity contribution in [2.24, 2.45) is 3.15 Å². The lowest BCUT2D eigenvalue weighted by atomic mass is 10.5. The SMILES string of the molecule is CC1=CC=CN=I1. The Bertz CT molecular complexity index is 144. The summed E-state index contributed by atoms with van der Waals surface area (Å²) < 4.78 is 5.56. The number of halogens is 1. The Kier molecular flexibility index (Phi) is 1.73. The normalized spacial score (nSPS) is 18.1. The molecule has 0 bridgehead atoms. The van der Waals surface area contributed by atoms with Crippen LogP contribution in [0.4, 0.5) is 0 Å². The zero-order chi connectivity index (χ0) is 5.11. The first-order valence-corrected chi connectivity index (χ1v) is 4.12. The molecule has 7 heavy (non-hydrogen) atoms. The quantitative estimate of drug-likeness (QED) is 0.541. The van der Waals surface area contributed by atoms with E-state index in [9.17, 15) is 0 Å². The Morgan fingerprint density at radius 2 is 2.57 bits per heavy atom. The van der Waals surface area contributed by atoms with Crippen molar-refractivity contribution >= 4 is 21.0 Å². The highest BCUT2D eigenvalue weighted by atomic mass is 127. The summed E-state index contributed by atoms with van der Waals surface area (Å²) >= 11 is 0.0513. The van der Waals surface area contributed by atoms with E-state index in [-0.39, 0.29) is 21.0 Å². The van der Waals surface area contributed by atoms with Crippen molar-refractivity contribution in [2.75, 3.05) is 0 Å². The van der Waals surface area contributed by atoms with Gasteiger partial charge in [-0.05, 0) is 13.0 Å².